The zero-order valence-corrected chi connectivity index (χ0v) is 20.6. The molecule has 0 spiro atoms. The fourth-order valence-electron chi connectivity index (χ4n) is 6.14. The molecule has 35 heavy (non-hydrogen) atoms. The van der Waals surface area contributed by atoms with E-state index in [2.05, 4.69) is 80.0 Å². The smallest absolute Gasteiger partial charge is 0.162 e. The minimum Gasteiger partial charge on any atom is -0.373 e. The van der Waals surface area contributed by atoms with Crippen LogP contribution in [0.25, 0.3) is 22.0 Å². The number of allylic oxidation sites excluding steroid dienone is 1. The summed E-state index contributed by atoms with van der Waals surface area (Å²) in [5.74, 6) is -0.0293. The lowest BCUT2D eigenvalue weighted by atomic mass is 9.68. The summed E-state index contributed by atoms with van der Waals surface area (Å²) in [5, 5.41) is 6.12. The summed E-state index contributed by atoms with van der Waals surface area (Å²) in [6, 6.07) is 21.2. The van der Waals surface area contributed by atoms with Gasteiger partial charge in [-0.2, -0.15) is 0 Å². The Bertz CT molecular complexity index is 1540. The third kappa shape index (κ3) is 3.43. The number of benzene rings is 3. The largest absolute Gasteiger partial charge is 0.373 e. The van der Waals surface area contributed by atoms with E-state index < -0.39 is 0 Å². The molecule has 4 aromatic rings. The van der Waals surface area contributed by atoms with E-state index in [0.717, 1.165) is 40.3 Å². The van der Waals surface area contributed by atoms with Crippen LogP contribution in [-0.4, -0.2) is 10.4 Å². The molecule has 1 atom stereocenters. The number of hydrogen-bond acceptors (Lipinski definition) is 2. The Morgan fingerprint density at radius 3 is 2.49 bits per heavy atom. The van der Waals surface area contributed by atoms with Gasteiger partial charge in [-0.05, 0) is 78.4 Å². The van der Waals surface area contributed by atoms with Gasteiger partial charge >= 0.3 is 0 Å². The van der Waals surface area contributed by atoms with Gasteiger partial charge < -0.3 is 9.88 Å². The molecule has 0 bridgehead atoms. The molecule has 176 valence electrons. The van der Waals surface area contributed by atoms with Crippen molar-refractivity contribution in [1.29, 1.82) is 0 Å². The van der Waals surface area contributed by atoms with E-state index in [1.807, 2.05) is 0 Å². The Balaban J connectivity index is 1.58. The number of aryl methyl sites for hydroxylation is 1. The summed E-state index contributed by atoms with van der Waals surface area (Å²) >= 11 is 0. The van der Waals surface area contributed by atoms with E-state index in [9.17, 15) is 9.18 Å². The lowest BCUT2D eigenvalue weighted by molar-refractivity contribution is -0.118. The first-order valence-electron chi connectivity index (χ1n) is 12.2. The number of carbonyl (C=O) groups is 1. The normalized spacial score (nSPS) is 18.9. The maximum atomic E-state index is 13.7. The van der Waals surface area contributed by atoms with Gasteiger partial charge in [0.2, 0.25) is 0 Å². The molecule has 3 nitrogen and oxygen atoms in total. The van der Waals surface area contributed by atoms with Gasteiger partial charge in [0.25, 0.3) is 0 Å². The van der Waals surface area contributed by atoms with Gasteiger partial charge in [-0.15, -0.1) is 0 Å². The van der Waals surface area contributed by atoms with E-state index in [-0.39, 0.29) is 23.1 Å². The average molecular weight is 465 g/mol. The Hall–Kier alpha value is -3.66. The lowest BCUT2D eigenvalue weighted by Crippen LogP contribution is -2.33. The molecule has 0 radical (unpaired) electrons. The molecular weight excluding hydrogens is 435 g/mol. The van der Waals surface area contributed by atoms with Crippen molar-refractivity contribution < 1.29 is 9.18 Å². The second-order valence-corrected chi connectivity index (χ2v) is 10.8. The number of nitrogens with one attached hydrogen (secondary N) is 1. The van der Waals surface area contributed by atoms with Crippen LogP contribution in [0.2, 0.25) is 0 Å². The average Bonchev–Trinajstić information content (AvgIpc) is 3.11. The SMILES string of the molecule is Cc1cc([C@H]2Nc3ccc4ccccc4c3C3=C2C(=O)CC(C)(C)C3)c(C)n1-c1ccc(F)cc1. The minimum absolute atomic E-state index is 0.0863. The molecule has 1 aromatic heterocycles. The van der Waals surface area contributed by atoms with E-state index in [0.29, 0.717) is 6.42 Å². The van der Waals surface area contributed by atoms with Crippen molar-refractivity contribution >= 4 is 27.8 Å². The number of ketones is 1. The molecule has 1 N–H and O–H groups in total. The van der Waals surface area contributed by atoms with E-state index >= 15 is 0 Å². The van der Waals surface area contributed by atoms with Gasteiger partial charge in [0.1, 0.15) is 5.82 Å². The van der Waals surface area contributed by atoms with Crippen LogP contribution in [-0.2, 0) is 4.79 Å². The quantitative estimate of drug-likeness (QED) is 0.330. The molecule has 1 aliphatic carbocycles. The first-order chi connectivity index (χ1) is 16.7. The summed E-state index contributed by atoms with van der Waals surface area (Å²) in [6.45, 7) is 8.53. The summed E-state index contributed by atoms with van der Waals surface area (Å²) in [5.41, 5.74) is 8.35. The maximum Gasteiger partial charge on any atom is 0.162 e. The van der Waals surface area contributed by atoms with Gasteiger partial charge in [-0.3, -0.25) is 4.79 Å². The van der Waals surface area contributed by atoms with Crippen LogP contribution in [0.3, 0.4) is 0 Å². The van der Waals surface area contributed by atoms with Gasteiger partial charge in [0.05, 0.1) is 6.04 Å². The van der Waals surface area contributed by atoms with Gasteiger partial charge in [0.15, 0.2) is 5.78 Å². The molecule has 4 heteroatoms. The van der Waals surface area contributed by atoms with Crippen molar-refractivity contribution in [3.05, 3.63) is 101 Å². The maximum absolute atomic E-state index is 13.7. The predicted octanol–water partition coefficient (Wildman–Crippen LogP) is 7.70. The molecule has 3 aromatic carbocycles. The van der Waals surface area contributed by atoms with Crippen LogP contribution >= 0.6 is 0 Å². The number of anilines is 1. The Labute approximate surface area is 205 Å². The van der Waals surface area contributed by atoms with Gasteiger partial charge in [-0.25, -0.2) is 4.39 Å². The molecule has 2 aliphatic rings. The standard InChI is InChI=1S/C31H29FN2O/c1-18-15-24(19(2)34(18)22-12-10-21(32)11-13-22)30-29-25(16-31(3,4)17-27(29)35)28-23-8-6-5-7-20(23)9-14-26(28)33-30/h5-15,30,33H,16-17H2,1-4H3/t30-/m1/s1. The first kappa shape index (κ1) is 21.8. The zero-order valence-electron chi connectivity index (χ0n) is 20.6. The third-order valence-electron chi connectivity index (χ3n) is 7.61. The number of Topliss-reactive ketones (excluding diaryl/α,β-unsaturated/α-hetero) is 1. The Kier molecular flexibility index (Phi) is 4.79. The van der Waals surface area contributed by atoms with E-state index in [4.69, 9.17) is 0 Å². The minimum atomic E-state index is -0.251. The Morgan fingerprint density at radius 1 is 0.971 bits per heavy atom. The molecule has 0 fully saturated rings. The van der Waals surface area contributed by atoms with Crippen LogP contribution in [0, 0.1) is 25.1 Å². The fraction of sp³-hybridized carbons (Fsp3) is 0.258. The number of aromatic nitrogens is 1. The van der Waals surface area contributed by atoms with Crippen molar-refractivity contribution in [2.75, 3.05) is 5.32 Å². The summed E-state index contributed by atoms with van der Waals surface area (Å²) in [7, 11) is 0. The third-order valence-corrected chi connectivity index (χ3v) is 7.61. The van der Waals surface area contributed by atoms with Crippen LogP contribution < -0.4 is 5.32 Å². The van der Waals surface area contributed by atoms with Crippen LogP contribution in [0.15, 0.2) is 72.3 Å². The van der Waals surface area contributed by atoms with Crippen molar-refractivity contribution in [1.82, 2.24) is 4.57 Å². The molecule has 0 amide bonds. The molecular formula is C31H29FN2O. The summed E-state index contributed by atoms with van der Waals surface area (Å²) in [6.07, 6.45) is 1.41. The number of rotatable bonds is 2. The Morgan fingerprint density at radius 2 is 1.71 bits per heavy atom. The summed E-state index contributed by atoms with van der Waals surface area (Å²) < 4.78 is 15.7. The molecule has 1 aliphatic heterocycles. The predicted molar refractivity (Wildman–Crippen MR) is 140 cm³/mol. The monoisotopic (exact) mass is 464 g/mol. The van der Waals surface area contributed by atoms with Crippen molar-refractivity contribution in [3.63, 3.8) is 0 Å². The van der Waals surface area contributed by atoms with Gasteiger partial charge in [-0.1, -0.05) is 44.2 Å². The molecule has 2 heterocycles. The highest BCUT2D eigenvalue weighted by Gasteiger charge is 2.41. The van der Waals surface area contributed by atoms with Crippen molar-refractivity contribution in [2.24, 2.45) is 5.41 Å². The second kappa shape index (κ2) is 7.67. The van der Waals surface area contributed by atoms with Crippen LogP contribution in [0.5, 0.6) is 0 Å². The molecule has 0 unspecified atom stereocenters. The molecule has 0 saturated heterocycles. The van der Waals surface area contributed by atoms with Crippen molar-refractivity contribution in [2.45, 2.75) is 46.6 Å². The number of fused-ring (bicyclic) bond motifs is 4. The highest BCUT2D eigenvalue weighted by atomic mass is 19.1. The highest BCUT2D eigenvalue weighted by Crippen LogP contribution is 2.52. The molecule has 0 saturated carbocycles. The number of carbonyl (C=O) groups excluding carboxylic acids is 1. The number of halogens is 1. The second-order valence-electron chi connectivity index (χ2n) is 10.8. The number of nitrogens with zero attached hydrogens (tertiary/aromatic N) is 1. The van der Waals surface area contributed by atoms with Crippen molar-refractivity contribution in [3.8, 4) is 5.69 Å². The lowest BCUT2D eigenvalue weighted by Gasteiger charge is -2.40. The van der Waals surface area contributed by atoms with E-state index in [1.165, 1.54) is 34.0 Å². The first-order valence-corrected chi connectivity index (χ1v) is 12.2. The fourth-order valence-corrected chi connectivity index (χ4v) is 6.14. The summed E-state index contributed by atoms with van der Waals surface area (Å²) in [4.78, 5) is 13.7. The zero-order chi connectivity index (χ0) is 24.5. The molecule has 6 rings (SSSR count). The number of hydrogen-bond donors (Lipinski definition) is 1. The van der Waals surface area contributed by atoms with Crippen LogP contribution in [0.4, 0.5) is 10.1 Å². The topological polar surface area (TPSA) is 34.0 Å². The van der Waals surface area contributed by atoms with Crippen LogP contribution in [0.1, 0.15) is 55.2 Å². The van der Waals surface area contributed by atoms with Gasteiger partial charge in [0, 0.05) is 45.9 Å². The highest BCUT2D eigenvalue weighted by molar-refractivity contribution is 6.12. The van der Waals surface area contributed by atoms with E-state index in [1.54, 1.807) is 12.1 Å².